The van der Waals surface area contributed by atoms with E-state index in [1.54, 1.807) is 7.11 Å². The number of anilines is 1. The molecule has 0 saturated carbocycles. The molecule has 0 atom stereocenters. The molecule has 2 aromatic rings. The Hall–Kier alpha value is -1.67. The van der Waals surface area contributed by atoms with Gasteiger partial charge in [-0.05, 0) is 55.7 Å². The minimum atomic E-state index is 0.774. The van der Waals surface area contributed by atoms with Crippen LogP contribution < -0.4 is 10.1 Å². The number of methoxy groups -OCH3 is 1. The molecular weight excluding hydrogens is 270 g/mol. The van der Waals surface area contributed by atoms with Crippen molar-refractivity contribution in [3.63, 3.8) is 0 Å². The fraction of sp³-hybridized carbons (Fsp3) is 0.294. The molecule has 0 aliphatic heterocycles. The minimum Gasteiger partial charge on any atom is -0.496 e. The topological polar surface area (TPSA) is 21.3 Å². The van der Waals surface area contributed by atoms with Crippen LogP contribution in [0.15, 0.2) is 30.3 Å². The van der Waals surface area contributed by atoms with Crippen LogP contribution in [0.3, 0.4) is 0 Å². The maximum Gasteiger partial charge on any atom is 0.126 e. The molecule has 0 fully saturated rings. The molecular formula is C17H20ClNO. The molecule has 0 aliphatic carbocycles. The number of hydrogen-bond donors (Lipinski definition) is 1. The molecule has 2 aromatic carbocycles. The Morgan fingerprint density at radius 1 is 1.05 bits per heavy atom. The van der Waals surface area contributed by atoms with E-state index in [1.807, 2.05) is 12.1 Å². The van der Waals surface area contributed by atoms with Gasteiger partial charge in [0.15, 0.2) is 0 Å². The van der Waals surface area contributed by atoms with E-state index in [0.717, 1.165) is 34.1 Å². The van der Waals surface area contributed by atoms with Crippen molar-refractivity contribution in [2.75, 3.05) is 12.4 Å². The van der Waals surface area contributed by atoms with Gasteiger partial charge in [0, 0.05) is 22.8 Å². The van der Waals surface area contributed by atoms with Gasteiger partial charge in [0.05, 0.1) is 7.11 Å². The van der Waals surface area contributed by atoms with E-state index >= 15 is 0 Å². The second-order valence-electron chi connectivity index (χ2n) is 5.01. The molecule has 0 bridgehead atoms. The highest BCUT2D eigenvalue weighted by Crippen LogP contribution is 2.29. The predicted octanol–water partition coefficient (Wildman–Crippen LogP) is 4.89. The van der Waals surface area contributed by atoms with Gasteiger partial charge in [-0.25, -0.2) is 0 Å². The van der Waals surface area contributed by atoms with Crippen LogP contribution in [0.1, 0.15) is 22.3 Å². The van der Waals surface area contributed by atoms with Gasteiger partial charge in [0.25, 0.3) is 0 Å². The standard InChI is InChI=1S/C17H20ClNO/c1-11-5-8-16(13(3)17(11)20-4)19-10-14-6-7-15(18)9-12(14)2/h5-9,19H,10H2,1-4H3. The second-order valence-corrected chi connectivity index (χ2v) is 5.45. The molecule has 1 N–H and O–H groups in total. The fourth-order valence-electron chi connectivity index (χ4n) is 2.38. The van der Waals surface area contributed by atoms with Crippen molar-refractivity contribution in [2.24, 2.45) is 0 Å². The lowest BCUT2D eigenvalue weighted by atomic mass is 10.1. The molecule has 3 heteroatoms. The van der Waals surface area contributed by atoms with E-state index < -0.39 is 0 Å². The first-order valence-corrected chi connectivity index (χ1v) is 7.04. The lowest BCUT2D eigenvalue weighted by Gasteiger charge is -2.15. The maximum absolute atomic E-state index is 5.98. The molecule has 0 radical (unpaired) electrons. The molecule has 2 nitrogen and oxygen atoms in total. The highest BCUT2D eigenvalue weighted by Gasteiger charge is 2.08. The molecule has 20 heavy (non-hydrogen) atoms. The highest BCUT2D eigenvalue weighted by atomic mass is 35.5. The van der Waals surface area contributed by atoms with Gasteiger partial charge in [-0.15, -0.1) is 0 Å². The summed E-state index contributed by atoms with van der Waals surface area (Å²) in [6, 6.07) is 10.1. The van der Waals surface area contributed by atoms with Crippen molar-refractivity contribution < 1.29 is 4.74 Å². The summed E-state index contributed by atoms with van der Waals surface area (Å²) in [6.07, 6.45) is 0. The van der Waals surface area contributed by atoms with Crippen LogP contribution >= 0.6 is 11.6 Å². The summed E-state index contributed by atoms with van der Waals surface area (Å²) in [7, 11) is 1.71. The normalized spacial score (nSPS) is 10.4. The molecule has 0 saturated heterocycles. The number of nitrogens with one attached hydrogen (secondary N) is 1. The molecule has 0 unspecified atom stereocenters. The zero-order valence-corrected chi connectivity index (χ0v) is 13.1. The summed E-state index contributed by atoms with van der Waals surface area (Å²) in [5.41, 5.74) is 5.83. The van der Waals surface area contributed by atoms with Crippen molar-refractivity contribution in [3.05, 3.63) is 57.6 Å². The quantitative estimate of drug-likeness (QED) is 0.865. The Kier molecular flexibility index (Phi) is 4.56. The van der Waals surface area contributed by atoms with E-state index in [1.165, 1.54) is 11.1 Å². The number of benzene rings is 2. The summed E-state index contributed by atoms with van der Waals surface area (Å²) in [5.74, 6) is 0.947. The largest absolute Gasteiger partial charge is 0.496 e. The van der Waals surface area contributed by atoms with Gasteiger partial charge in [-0.3, -0.25) is 0 Å². The van der Waals surface area contributed by atoms with E-state index in [4.69, 9.17) is 16.3 Å². The Balaban J connectivity index is 2.19. The van der Waals surface area contributed by atoms with E-state index in [-0.39, 0.29) is 0 Å². The van der Waals surface area contributed by atoms with Crippen LogP contribution in [-0.4, -0.2) is 7.11 Å². The summed E-state index contributed by atoms with van der Waals surface area (Å²) >= 11 is 5.98. The van der Waals surface area contributed by atoms with E-state index in [0.29, 0.717) is 0 Å². The lowest BCUT2D eigenvalue weighted by molar-refractivity contribution is 0.409. The second kappa shape index (κ2) is 6.19. The predicted molar refractivity (Wildman–Crippen MR) is 86.0 cm³/mol. The average molecular weight is 290 g/mol. The zero-order chi connectivity index (χ0) is 14.7. The average Bonchev–Trinajstić information content (AvgIpc) is 2.40. The third-order valence-electron chi connectivity index (χ3n) is 3.58. The monoisotopic (exact) mass is 289 g/mol. The zero-order valence-electron chi connectivity index (χ0n) is 12.4. The lowest BCUT2D eigenvalue weighted by Crippen LogP contribution is -2.04. The number of hydrogen-bond acceptors (Lipinski definition) is 2. The number of rotatable bonds is 4. The Morgan fingerprint density at radius 3 is 2.45 bits per heavy atom. The van der Waals surface area contributed by atoms with Crippen molar-refractivity contribution in [2.45, 2.75) is 27.3 Å². The molecule has 0 aromatic heterocycles. The Bertz CT molecular complexity index is 623. The van der Waals surface area contributed by atoms with Gasteiger partial charge in [-0.2, -0.15) is 0 Å². The number of aryl methyl sites for hydroxylation is 2. The highest BCUT2D eigenvalue weighted by molar-refractivity contribution is 6.30. The summed E-state index contributed by atoms with van der Waals surface area (Å²) in [4.78, 5) is 0. The first kappa shape index (κ1) is 14.7. The van der Waals surface area contributed by atoms with Gasteiger partial charge >= 0.3 is 0 Å². The van der Waals surface area contributed by atoms with Gasteiger partial charge in [-0.1, -0.05) is 23.7 Å². The van der Waals surface area contributed by atoms with Gasteiger partial charge < -0.3 is 10.1 Å². The number of halogens is 1. The fourth-order valence-corrected chi connectivity index (χ4v) is 2.61. The first-order chi connectivity index (χ1) is 9.52. The first-order valence-electron chi connectivity index (χ1n) is 6.66. The van der Waals surface area contributed by atoms with E-state index in [9.17, 15) is 0 Å². The summed E-state index contributed by atoms with van der Waals surface area (Å²) in [5, 5.41) is 4.25. The Morgan fingerprint density at radius 2 is 1.80 bits per heavy atom. The van der Waals surface area contributed by atoms with Crippen LogP contribution in [-0.2, 0) is 6.54 Å². The van der Waals surface area contributed by atoms with Crippen LogP contribution in [0, 0.1) is 20.8 Å². The van der Waals surface area contributed by atoms with Crippen LogP contribution in [0.2, 0.25) is 5.02 Å². The van der Waals surface area contributed by atoms with Gasteiger partial charge in [0.2, 0.25) is 0 Å². The number of ether oxygens (including phenoxy) is 1. The van der Waals surface area contributed by atoms with Crippen molar-refractivity contribution in [1.82, 2.24) is 0 Å². The van der Waals surface area contributed by atoms with Gasteiger partial charge in [0.1, 0.15) is 5.75 Å². The summed E-state index contributed by atoms with van der Waals surface area (Å²) < 4.78 is 5.45. The van der Waals surface area contributed by atoms with E-state index in [2.05, 4.69) is 44.3 Å². The molecule has 106 valence electrons. The van der Waals surface area contributed by atoms with Crippen LogP contribution in [0.25, 0.3) is 0 Å². The molecule has 2 rings (SSSR count). The third kappa shape index (κ3) is 3.07. The minimum absolute atomic E-state index is 0.774. The van der Waals surface area contributed by atoms with Crippen LogP contribution in [0.5, 0.6) is 5.75 Å². The van der Waals surface area contributed by atoms with Crippen LogP contribution in [0.4, 0.5) is 5.69 Å². The molecule has 0 amide bonds. The van der Waals surface area contributed by atoms with Crippen molar-refractivity contribution in [1.29, 1.82) is 0 Å². The third-order valence-corrected chi connectivity index (χ3v) is 3.82. The maximum atomic E-state index is 5.98. The summed E-state index contributed by atoms with van der Waals surface area (Å²) in [6.45, 7) is 6.98. The molecule has 0 heterocycles. The smallest absolute Gasteiger partial charge is 0.126 e. The Labute approximate surface area is 125 Å². The molecule has 0 aliphatic rings. The van der Waals surface area contributed by atoms with Crippen molar-refractivity contribution in [3.8, 4) is 5.75 Å². The SMILES string of the molecule is COc1c(C)ccc(NCc2ccc(Cl)cc2C)c1C. The molecule has 0 spiro atoms. The van der Waals surface area contributed by atoms with Crippen molar-refractivity contribution >= 4 is 17.3 Å².